The van der Waals surface area contributed by atoms with Gasteiger partial charge in [0.25, 0.3) is 5.91 Å². The second-order valence-electron chi connectivity index (χ2n) is 6.30. The molecule has 1 fully saturated rings. The van der Waals surface area contributed by atoms with Crippen molar-refractivity contribution in [3.8, 4) is 0 Å². The molecule has 3 rings (SSSR count). The number of benzene rings is 1. The Morgan fingerprint density at radius 2 is 2.33 bits per heavy atom. The molecule has 0 bridgehead atoms. The van der Waals surface area contributed by atoms with Crippen LogP contribution in [0.1, 0.15) is 23.4 Å². The van der Waals surface area contributed by atoms with Crippen molar-refractivity contribution < 1.29 is 18.3 Å². The lowest BCUT2D eigenvalue weighted by atomic mass is 10.1. The molecule has 1 saturated heterocycles. The number of fused-ring (bicyclic) bond motifs is 1. The van der Waals surface area contributed by atoms with Crippen molar-refractivity contribution >= 4 is 16.9 Å². The van der Waals surface area contributed by atoms with E-state index in [1.807, 2.05) is 0 Å². The number of ether oxygens (including phenoxy) is 1. The number of carbonyl (C=O) groups is 1. The van der Waals surface area contributed by atoms with Crippen LogP contribution in [0, 0.1) is 11.7 Å². The van der Waals surface area contributed by atoms with E-state index in [2.05, 4.69) is 10.2 Å². The number of furan rings is 1. The van der Waals surface area contributed by atoms with Crippen LogP contribution < -0.4 is 5.32 Å². The van der Waals surface area contributed by atoms with Crippen molar-refractivity contribution in [3.05, 3.63) is 35.8 Å². The molecule has 0 aliphatic carbocycles. The van der Waals surface area contributed by atoms with Gasteiger partial charge < -0.3 is 19.4 Å². The highest BCUT2D eigenvalue weighted by Gasteiger charge is 2.23. The second kappa shape index (κ2) is 7.77. The highest BCUT2D eigenvalue weighted by atomic mass is 19.1. The van der Waals surface area contributed by atoms with Crippen molar-refractivity contribution in [3.63, 3.8) is 0 Å². The molecule has 1 aliphatic heterocycles. The van der Waals surface area contributed by atoms with Gasteiger partial charge in [-0.1, -0.05) is 0 Å². The first-order chi connectivity index (χ1) is 11.7. The van der Waals surface area contributed by atoms with Crippen molar-refractivity contribution in [1.82, 2.24) is 10.2 Å². The number of hydrogen-bond acceptors (Lipinski definition) is 4. The maximum Gasteiger partial charge on any atom is 0.287 e. The number of halogens is 1. The lowest BCUT2D eigenvalue weighted by molar-refractivity contribution is 0.0921. The van der Waals surface area contributed by atoms with E-state index >= 15 is 0 Å². The normalized spacial score (nSPS) is 18.3. The molecule has 130 valence electrons. The van der Waals surface area contributed by atoms with Crippen LogP contribution in [0.15, 0.2) is 28.7 Å². The topological polar surface area (TPSA) is 54.7 Å². The SMILES string of the molecule is COCCCN1CCC(CNC(=O)c2cc3cc(F)ccc3o2)C1. The zero-order valence-electron chi connectivity index (χ0n) is 13.9. The predicted molar refractivity (Wildman–Crippen MR) is 89.5 cm³/mol. The fourth-order valence-corrected chi connectivity index (χ4v) is 3.17. The number of hydrogen-bond donors (Lipinski definition) is 1. The molecule has 1 aliphatic rings. The number of nitrogens with one attached hydrogen (secondary N) is 1. The maximum atomic E-state index is 13.2. The quantitative estimate of drug-likeness (QED) is 0.791. The first-order valence-corrected chi connectivity index (χ1v) is 8.34. The Balaban J connectivity index is 1.48. The largest absolute Gasteiger partial charge is 0.451 e. The standard InChI is InChI=1S/C18H23FN2O3/c1-23-8-2-6-21-7-5-13(12-21)11-20-18(22)17-10-14-9-15(19)3-4-16(14)24-17/h3-4,9-10,13H,2,5-8,11-12H2,1H3,(H,20,22). The van der Waals surface area contributed by atoms with Crippen LogP contribution in [0.4, 0.5) is 4.39 Å². The summed E-state index contributed by atoms with van der Waals surface area (Å²) in [6.07, 6.45) is 2.11. The summed E-state index contributed by atoms with van der Waals surface area (Å²) in [6.45, 7) is 4.51. The minimum Gasteiger partial charge on any atom is -0.451 e. The van der Waals surface area contributed by atoms with Crippen molar-refractivity contribution in [2.24, 2.45) is 5.92 Å². The third-order valence-corrected chi connectivity index (χ3v) is 4.45. The lowest BCUT2D eigenvalue weighted by Crippen LogP contribution is -2.31. The van der Waals surface area contributed by atoms with Crippen molar-refractivity contribution in [2.45, 2.75) is 12.8 Å². The van der Waals surface area contributed by atoms with E-state index in [9.17, 15) is 9.18 Å². The molecule has 1 aromatic heterocycles. The van der Waals surface area contributed by atoms with Crippen molar-refractivity contribution in [2.75, 3.05) is 39.9 Å². The van der Waals surface area contributed by atoms with E-state index in [1.54, 1.807) is 13.2 Å². The van der Waals surface area contributed by atoms with E-state index in [0.717, 1.165) is 39.1 Å². The van der Waals surface area contributed by atoms with E-state index in [0.29, 0.717) is 23.4 Å². The average Bonchev–Trinajstić information content (AvgIpc) is 3.19. The third kappa shape index (κ3) is 4.13. The minimum absolute atomic E-state index is 0.227. The van der Waals surface area contributed by atoms with Gasteiger partial charge in [-0.05, 0) is 49.6 Å². The van der Waals surface area contributed by atoms with E-state index in [-0.39, 0.29) is 17.5 Å². The van der Waals surface area contributed by atoms with Gasteiger partial charge in [-0.2, -0.15) is 0 Å². The number of carbonyl (C=O) groups excluding carboxylic acids is 1. The fourth-order valence-electron chi connectivity index (χ4n) is 3.17. The van der Waals surface area contributed by atoms with Gasteiger partial charge in [0, 0.05) is 38.7 Å². The van der Waals surface area contributed by atoms with Gasteiger partial charge in [0.05, 0.1) is 0 Å². The smallest absolute Gasteiger partial charge is 0.287 e. The predicted octanol–water partition coefficient (Wildman–Crippen LogP) is 2.66. The number of rotatable bonds is 7. The molecular formula is C18H23FN2O3. The van der Waals surface area contributed by atoms with Crippen LogP contribution in [-0.4, -0.2) is 50.7 Å². The number of nitrogens with zero attached hydrogens (tertiary/aromatic N) is 1. The monoisotopic (exact) mass is 334 g/mol. The Labute approximate surface area is 140 Å². The summed E-state index contributed by atoms with van der Waals surface area (Å²) in [4.78, 5) is 14.6. The molecule has 1 atom stereocenters. The molecular weight excluding hydrogens is 311 g/mol. The second-order valence-corrected chi connectivity index (χ2v) is 6.30. The molecule has 1 amide bonds. The van der Waals surface area contributed by atoms with Gasteiger partial charge in [-0.15, -0.1) is 0 Å². The zero-order chi connectivity index (χ0) is 16.9. The summed E-state index contributed by atoms with van der Waals surface area (Å²) in [6, 6.07) is 5.81. The third-order valence-electron chi connectivity index (χ3n) is 4.45. The van der Waals surface area contributed by atoms with Gasteiger partial charge in [0.15, 0.2) is 5.76 Å². The highest BCUT2D eigenvalue weighted by molar-refractivity contribution is 5.96. The van der Waals surface area contributed by atoms with Crippen molar-refractivity contribution in [1.29, 1.82) is 0 Å². The van der Waals surface area contributed by atoms with Crippen LogP contribution >= 0.6 is 0 Å². The Bertz CT molecular complexity index is 701. The maximum absolute atomic E-state index is 13.2. The summed E-state index contributed by atoms with van der Waals surface area (Å²) in [5.74, 6) is 0.100. The molecule has 24 heavy (non-hydrogen) atoms. The van der Waals surface area contributed by atoms with Crippen LogP contribution in [0.2, 0.25) is 0 Å². The number of methoxy groups -OCH3 is 1. The molecule has 0 radical (unpaired) electrons. The van der Waals surface area contributed by atoms with Gasteiger partial charge in [-0.25, -0.2) is 4.39 Å². The van der Waals surface area contributed by atoms with Gasteiger partial charge in [-0.3, -0.25) is 4.79 Å². The van der Waals surface area contributed by atoms with Gasteiger partial charge >= 0.3 is 0 Å². The van der Waals surface area contributed by atoms with E-state index in [4.69, 9.17) is 9.15 Å². The zero-order valence-corrected chi connectivity index (χ0v) is 13.9. The molecule has 1 N–H and O–H groups in total. The molecule has 0 spiro atoms. The first kappa shape index (κ1) is 16.9. The molecule has 0 saturated carbocycles. The van der Waals surface area contributed by atoms with Gasteiger partial charge in [0.2, 0.25) is 0 Å². The minimum atomic E-state index is -0.338. The van der Waals surface area contributed by atoms with Gasteiger partial charge in [0.1, 0.15) is 11.4 Å². The number of likely N-dealkylation sites (tertiary alicyclic amines) is 1. The Morgan fingerprint density at radius 3 is 3.17 bits per heavy atom. The average molecular weight is 334 g/mol. The van der Waals surface area contributed by atoms with E-state index < -0.39 is 0 Å². The Hall–Kier alpha value is -1.92. The fraction of sp³-hybridized carbons (Fsp3) is 0.500. The molecule has 2 aromatic rings. The van der Waals surface area contributed by atoms with Crippen LogP contribution in [0.25, 0.3) is 11.0 Å². The molecule has 5 nitrogen and oxygen atoms in total. The summed E-state index contributed by atoms with van der Waals surface area (Å²) in [7, 11) is 1.72. The first-order valence-electron chi connectivity index (χ1n) is 8.34. The van der Waals surface area contributed by atoms with Crippen LogP contribution in [0.3, 0.4) is 0 Å². The molecule has 2 heterocycles. The molecule has 6 heteroatoms. The lowest BCUT2D eigenvalue weighted by Gasteiger charge is -2.15. The number of amides is 1. The van der Waals surface area contributed by atoms with E-state index in [1.165, 1.54) is 18.2 Å². The summed E-state index contributed by atoms with van der Waals surface area (Å²) >= 11 is 0. The highest BCUT2D eigenvalue weighted by Crippen LogP contribution is 2.21. The summed E-state index contributed by atoms with van der Waals surface area (Å²) < 4.78 is 23.7. The Kier molecular flexibility index (Phi) is 5.48. The van der Waals surface area contributed by atoms with Crippen LogP contribution in [0.5, 0.6) is 0 Å². The summed E-state index contributed by atoms with van der Waals surface area (Å²) in [5.41, 5.74) is 0.520. The molecule has 1 aromatic carbocycles. The Morgan fingerprint density at radius 1 is 1.46 bits per heavy atom. The molecule has 1 unspecified atom stereocenters. The summed E-state index contributed by atoms with van der Waals surface area (Å²) in [5, 5.41) is 3.53. The van der Waals surface area contributed by atoms with Crippen LogP contribution in [-0.2, 0) is 4.74 Å².